The highest BCUT2D eigenvalue weighted by Gasteiger charge is 2.03. The summed E-state index contributed by atoms with van der Waals surface area (Å²) in [5, 5.41) is 10.1. The predicted octanol–water partition coefficient (Wildman–Crippen LogP) is 3.14. The summed E-state index contributed by atoms with van der Waals surface area (Å²) in [7, 11) is 0. The smallest absolute Gasteiger partial charge is 0.0992 e. The van der Waals surface area contributed by atoms with Crippen molar-refractivity contribution in [1.82, 2.24) is 4.57 Å². The van der Waals surface area contributed by atoms with Crippen LogP contribution in [-0.2, 0) is 6.54 Å². The zero-order valence-electron chi connectivity index (χ0n) is 10.4. The highest BCUT2D eigenvalue weighted by atomic mass is 14.9. The minimum atomic E-state index is 0.685. The van der Waals surface area contributed by atoms with Crippen LogP contribution in [0.2, 0.25) is 0 Å². The molecule has 0 aliphatic heterocycles. The Kier molecular flexibility index (Phi) is 2.70. The Morgan fingerprint density at radius 1 is 1.05 bits per heavy atom. The van der Waals surface area contributed by atoms with Gasteiger partial charge in [-0.3, -0.25) is 0 Å². The monoisotopic (exact) mass is 247 g/mol. The lowest BCUT2D eigenvalue weighted by Gasteiger charge is -2.06. The lowest BCUT2D eigenvalue weighted by atomic mass is 10.1. The van der Waals surface area contributed by atoms with Gasteiger partial charge in [-0.15, -0.1) is 0 Å². The van der Waals surface area contributed by atoms with Gasteiger partial charge in [-0.25, -0.2) is 0 Å². The molecule has 2 N–H and O–H groups in total. The highest BCUT2D eigenvalue weighted by Crippen LogP contribution is 2.19. The molecule has 3 aromatic rings. The molecule has 0 spiro atoms. The lowest BCUT2D eigenvalue weighted by molar-refractivity contribution is 0.837. The summed E-state index contributed by atoms with van der Waals surface area (Å²) in [6.07, 6.45) is 2.04. The van der Waals surface area contributed by atoms with Crippen LogP contribution in [0.4, 0.5) is 5.69 Å². The predicted molar refractivity (Wildman–Crippen MR) is 76.6 cm³/mol. The van der Waals surface area contributed by atoms with Gasteiger partial charge in [0, 0.05) is 23.9 Å². The van der Waals surface area contributed by atoms with Gasteiger partial charge in [0.25, 0.3) is 0 Å². The van der Waals surface area contributed by atoms with Gasteiger partial charge in [-0.05, 0) is 41.3 Å². The number of aromatic nitrogens is 1. The maximum absolute atomic E-state index is 8.97. The minimum Gasteiger partial charge on any atom is -0.399 e. The third kappa shape index (κ3) is 2.16. The molecular formula is C16H13N3. The van der Waals surface area contributed by atoms with Gasteiger partial charge in [0.2, 0.25) is 0 Å². The molecule has 19 heavy (non-hydrogen) atoms. The maximum atomic E-state index is 8.97. The lowest BCUT2D eigenvalue weighted by Crippen LogP contribution is -1.98. The second-order valence-electron chi connectivity index (χ2n) is 4.57. The minimum absolute atomic E-state index is 0.685. The number of anilines is 1. The van der Waals surface area contributed by atoms with Crippen molar-refractivity contribution in [1.29, 1.82) is 5.26 Å². The van der Waals surface area contributed by atoms with Crippen LogP contribution in [0.15, 0.2) is 54.7 Å². The van der Waals surface area contributed by atoms with Crippen LogP contribution in [0.25, 0.3) is 10.9 Å². The fourth-order valence-electron chi connectivity index (χ4n) is 2.21. The van der Waals surface area contributed by atoms with Gasteiger partial charge in [0.1, 0.15) is 0 Å². The van der Waals surface area contributed by atoms with Gasteiger partial charge >= 0.3 is 0 Å². The normalized spacial score (nSPS) is 10.5. The molecule has 3 nitrogen and oxygen atoms in total. The number of nitriles is 1. The first-order valence-electron chi connectivity index (χ1n) is 6.10. The Balaban J connectivity index is 2.01. The molecule has 0 bridgehead atoms. The van der Waals surface area contributed by atoms with Gasteiger partial charge in [0.15, 0.2) is 0 Å². The summed E-state index contributed by atoms with van der Waals surface area (Å²) in [6, 6.07) is 17.8. The first-order chi connectivity index (χ1) is 9.26. The van der Waals surface area contributed by atoms with Crippen molar-refractivity contribution in [3.8, 4) is 6.07 Å². The summed E-state index contributed by atoms with van der Waals surface area (Å²) in [4.78, 5) is 0. The number of hydrogen-bond donors (Lipinski definition) is 1. The van der Waals surface area contributed by atoms with E-state index in [4.69, 9.17) is 11.0 Å². The topological polar surface area (TPSA) is 54.7 Å². The van der Waals surface area contributed by atoms with Crippen LogP contribution in [0.1, 0.15) is 11.1 Å². The van der Waals surface area contributed by atoms with Gasteiger partial charge in [-0.1, -0.05) is 18.2 Å². The van der Waals surface area contributed by atoms with Crippen LogP contribution in [0.3, 0.4) is 0 Å². The van der Waals surface area contributed by atoms with Crippen molar-refractivity contribution in [2.24, 2.45) is 0 Å². The number of rotatable bonds is 2. The van der Waals surface area contributed by atoms with Crippen molar-refractivity contribution in [2.45, 2.75) is 6.54 Å². The van der Waals surface area contributed by atoms with Crippen LogP contribution in [0.5, 0.6) is 0 Å². The second-order valence-corrected chi connectivity index (χ2v) is 4.57. The molecular weight excluding hydrogens is 234 g/mol. The fraction of sp³-hybridized carbons (Fsp3) is 0.0625. The highest BCUT2D eigenvalue weighted by molar-refractivity contribution is 5.81. The van der Waals surface area contributed by atoms with E-state index < -0.39 is 0 Å². The van der Waals surface area contributed by atoms with E-state index in [0.29, 0.717) is 5.56 Å². The molecule has 0 unspecified atom stereocenters. The number of hydrogen-bond acceptors (Lipinski definition) is 2. The SMILES string of the molecule is N#Cc1ccc2ccn(Cc3ccc(N)cc3)c2c1. The second kappa shape index (κ2) is 4.51. The molecule has 3 rings (SSSR count). The Bertz CT molecular complexity index is 761. The molecule has 1 heterocycles. The summed E-state index contributed by atoms with van der Waals surface area (Å²) >= 11 is 0. The van der Waals surface area contributed by atoms with Gasteiger partial charge < -0.3 is 10.3 Å². The molecule has 0 saturated heterocycles. The molecule has 0 aliphatic carbocycles. The molecule has 3 heteroatoms. The number of nitrogen functional groups attached to an aromatic ring is 1. The van der Waals surface area contributed by atoms with E-state index in [2.05, 4.69) is 16.7 Å². The standard InChI is InChI=1S/C16H13N3/c17-10-13-1-4-14-7-8-19(16(14)9-13)11-12-2-5-15(18)6-3-12/h1-9H,11,18H2. The molecule has 0 saturated carbocycles. The molecule has 0 atom stereocenters. The average Bonchev–Trinajstić information content (AvgIpc) is 2.84. The Morgan fingerprint density at radius 2 is 1.84 bits per heavy atom. The molecule has 2 aromatic carbocycles. The summed E-state index contributed by atoms with van der Waals surface area (Å²) in [6.45, 7) is 0.776. The van der Waals surface area contributed by atoms with Crippen molar-refractivity contribution in [3.63, 3.8) is 0 Å². The molecule has 0 aliphatic rings. The molecule has 92 valence electrons. The molecule has 1 aromatic heterocycles. The summed E-state index contributed by atoms with van der Waals surface area (Å²) < 4.78 is 2.14. The van der Waals surface area contributed by atoms with E-state index in [1.807, 2.05) is 48.7 Å². The van der Waals surface area contributed by atoms with E-state index in [1.54, 1.807) is 0 Å². The quantitative estimate of drug-likeness (QED) is 0.707. The van der Waals surface area contributed by atoms with E-state index >= 15 is 0 Å². The number of nitrogens with zero attached hydrogens (tertiary/aromatic N) is 2. The summed E-state index contributed by atoms with van der Waals surface area (Å²) in [5.74, 6) is 0. The third-order valence-corrected chi connectivity index (χ3v) is 3.24. The van der Waals surface area contributed by atoms with Crippen molar-refractivity contribution >= 4 is 16.6 Å². The summed E-state index contributed by atoms with van der Waals surface area (Å²) in [5.41, 5.74) is 9.41. The first kappa shape index (κ1) is 11.4. The van der Waals surface area contributed by atoms with Crippen LogP contribution in [-0.4, -0.2) is 4.57 Å². The number of benzene rings is 2. The number of nitrogens with two attached hydrogens (primary N) is 1. The average molecular weight is 247 g/mol. The third-order valence-electron chi connectivity index (χ3n) is 3.24. The fourth-order valence-corrected chi connectivity index (χ4v) is 2.21. The Labute approximate surface area is 111 Å². The van der Waals surface area contributed by atoms with Crippen LogP contribution >= 0.6 is 0 Å². The molecule has 0 radical (unpaired) electrons. The van der Waals surface area contributed by atoms with E-state index in [1.165, 1.54) is 5.56 Å². The van der Waals surface area contributed by atoms with Gasteiger partial charge in [0.05, 0.1) is 11.6 Å². The number of fused-ring (bicyclic) bond motifs is 1. The van der Waals surface area contributed by atoms with Crippen molar-refractivity contribution in [2.75, 3.05) is 5.73 Å². The zero-order chi connectivity index (χ0) is 13.2. The van der Waals surface area contributed by atoms with Crippen molar-refractivity contribution < 1.29 is 0 Å². The van der Waals surface area contributed by atoms with Gasteiger partial charge in [-0.2, -0.15) is 5.26 Å². The van der Waals surface area contributed by atoms with Crippen molar-refractivity contribution in [3.05, 3.63) is 65.9 Å². The van der Waals surface area contributed by atoms with E-state index in [0.717, 1.165) is 23.1 Å². The zero-order valence-corrected chi connectivity index (χ0v) is 10.4. The maximum Gasteiger partial charge on any atom is 0.0992 e. The first-order valence-corrected chi connectivity index (χ1v) is 6.10. The van der Waals surface area contributed by atoms with E-state index in [9.17, 15) is 0 Å². The Hall–Kier alpha value is -2.73. The van der Waals surface area contributed by atoms with E-state index in [-0.39, 0.29) is 0 Å². The molecule has 0 fully saturated rings. The molecule has 0 amide bonds. The van der Waals surface area contributed by atoms with Crippen LogP contribution < -0.4 is 5.73 Å². The Morgan fingerprint density at radius 3 is 2.58 bits per heavy atom. The van der Waals surface area contributed by atoms with Crippen LogP contribution in [0, 0.1) is 11.3 Å². The largest absolute Gasteiger partial charge is 0.399 e.